The molecule has 0 aliphatic heterocycles. The fraction of sp³-hybridized carbons (Fsp3) is 0.647. The smallest absolute Gasteiger partial charge is 0.0233 e. The molecule has 2 heteroatoms. The molecule has 0 bridgehead atoms. The van der Waals surface area contributed by atoms with E-state index in [1.165, 1.54) is 36.8 Å². The van der Waals surface area contributed by atoms with Crippen LogP contribution in [0.5, 0.6) is 0 Å². The molecule has 1 aliphatic carbocycles. The van der Waals surface area contributed by atoms with Crippen molar-refractivity contribution in [3.63, 3.8) is 0 Å². The van der Waals surface area contributed by atoms with Gasteiger partial charge in [-0.1, -0.05) is 51.0 Å². The minimum absolute atomic E-state index is 0.549. The summed E-state index contributed by atoms with van der Waals surface area (Å²) in [5, 5.41) is 3.46. The summed E-state index contributed by atoms with van der Waals surface area (Å²) in [6.45, 7) is 6.43. The average molecular weight is 260 g/mol. The number of nitrogens with one attached hydrogen (secondary N) is 1. The molecule has 1 saturated carbocycles. The van der Waals surface area contributed by atoms with Gasteiger partial charge in [-0.15, -0.1) is 0 Å². The zero-order valence-electron chi connectivity index (χ0n) is 12.7. The Labute approximate surface area is 118 Å². The molecular formula is C17H28N2. The molecule has 1 aliphatic rings. The van der Waals surface area contributed by atoms with Crippen LogP contribution in [0.3, 0.4) is 0 Å². The highest BCUT2D eigenvalue weighted by molar-refractivity contribution is 5.22. The van der Waals surface area contributed by atoms with Gasteiger partial charge in [0.1, 0.15) is 0 Å². The molecule has 0 amide bonds. The van der Waals surface area contributed by atoms with Crippen molar-refractivity contribution >= 4 is 0 Å². The molecule has 1 fully saturated rings. The van der Waals surface area contributed by atoms with Crippen molar-refractivity contribution in [2.24, 2.45) is 0 Å². The van der Waals surface area contributed by atoms with Crippen LogP contribution >= 0.6 is 0 Å². The van der Waals surface area contributed by atoms with E-state index in [9.17, 15) is 0 Å². The topological polar surface area (TPSA) is 15.3 Å². The third-order valence-electron chi connectivity index (χ3n) is 4.12. The maximum Gasteiger partial charge on any atom is 0.0233 e. The zero-order chi connectivity index (χ0) is 13.7. The Morgan fingerprint density at radius 2 is 1.68 bits per heavy atom. The molecule has 0 aromatic heterocycles. The SMILES string of the molecule is CC(C)NCc1ccc(CN(C)C2CCCC2)cc1. The van der Waals surface area contributed by atoms with E-state index in [0.29, 0.717) is 6.04 Å². The van der Waals surface area contributed by atoms with Crippen LogP contribution in [0.15, 0.2) is 24.3 Å². The van der Waals surface area contributed by atoms with Gasteiger partial charge in [0, 0.05) is 25.2 Å². The van der Waals surface area contributed by atoms with Crippen LogP contribution in [-0.2, 0) is 13.1 Å². The van der Waals surface area contributed by atoms with Gasteiger partial charge in [0.05, 0.1) is 0 Å². The summed E-state index contributed by atoms with van der Waals surface area (Å²) in [5.41, 5.74) is 2.81. The molecule has 19 heavy (non-hydrogen) atoms. The number of rotatable bonds is 6. The van der Waals surface area contributed by atoms with Crippen LogP contribution in [0, 0.1) is 0 Å². The highest BCUT2D eigenvalue weighted by Crippen LogP contribution is 2.23. The molecule has 106 valence electrons. The standard InChI is InChI=1S/C17H28N2/c1-14(2)18-12-15-8-10-16(11-9-15)13-19(3)17-6-4-5-7-17/h8-11,14,17-18H,4-7,12-13H2,1-3H3. The van der Waals surface area contributed by atoms with Crippen molar-refractivity contribution < 1.29 is 0 Å². The van der Waals surface area contributed by atoms with Crippen molar-refractivity contribution in [1.82, 2.24) is 10.2 Å². The molecule has 0 heterocycles. The minimum atomic E-state index is 0.549. The van der Waals surface area contributed by atoms with Gasteiger partial charge in [-0.2, -0.15) is 0 Å². The quantitative estimate of drug-likeness (QED) is 0.841. The van der Waals surface area contributed by atoms with Gasteiger partial charge in [0.25, 0.3) is 0 Å². The van der Waals surface area contributed by atoms with Gasteiger partial charge in [0.15, 0.2) is 0 Å². The van der Waals surface area contributed by atoms with E-state index >= 15 is 0 Å². The first-order chi connectivity index (χ1) is 9.15. The molecule has 0 spiro atoms. The van der Waals surface area contributed by atoms with E-state index in [-0.39, 0.29) is 0 Å². The lowest BCUT2D eigenvalue weighted by Crippen LogP contribution is -2.28. The highest BCUT2D eigenvalue weighted by Gasteiger charge is 2.19. The first-order valence-corrected chi connectivity index (χ1v) is 7.66. The van der Waals surface area contributed by atoms with Crippen LogP contribution in [0.2, 0.25) is 0 Å². The Kier molecular flexibility index (Phi) is 5.41. The molecule has 0 atom stereocenters. The molecular weight excluding hydrogens is 232 g/mol. The van der Waals surface area contributed by atoms with E-state index in [1.54, 1.807) is 0 Å². The summed E-state index contributed by atoms with van der Waals surface area (Å²) in [6.07, 6.45) is 5.59. The number of nitrogens with zero attached hydrogens (tertiary/aromatic N) is 1. The Morgan fingerprint density at radius 1 is 1.11 bits per heavy atom. The largest absolute Gasteiger partial charge is 0.310 e. The van der Waals surface area contributed by atoms with Crippen molar-refractivity contribution in [3.05, 3.63) is 35.4 Å². The Bertz CT molecular complexity index is 363. The van der Waals surface area contributed by atoms with Gasteiger partial charge >= 0.3 is 0 Å². The molecule has 2 rings (SSSR count). The predicted octanol–water partition coefficient (Wildman–Crippen LogP) is 3.56. The van der Waals surface area contributed by atoms with E-state index < -0.39 is 0 Å². The molecule has 0 unspecified atom stereocenters. The lowest BCUT2D eigenvalue weighted by molar-refractivity contribution is 0.237. The minimum Gasteiger partial charge on any atom is -0.310 e. The summed E-state index contributed by atoms with van der Waals surface area (Å²) in [6, 6.07) is 10.4. The van der Waals surface area contributed by atoms with Crippen LogP contribution in [0.25, 0.3) is 0 Å². The first-order valence-electron chi connectivity index (χ1n) is 7.66. The third kappa shape index (κ3) is 4.63. The maximum atomic E-state index is 3.46. The number of hydrogen-bond donors (Lipinski definition) is 1. The molecule has 1 N–H and O–H groups in total. The van der Waals surface area contributed by atoms with E-state index in [0.717, 1.165) is 19.1 Å². The van der Waals surface area contributed by atoms with Crippen LogP contribution in [0.4, 0.5) is 0 Å². The van der Waals surface area contributed by atoms with Crippen LogP contribution in [0.1, 0.15) is 50.7 Å². The zero-order valence-corrected chi connectivity index (χ0v) is 12.7. The van der Waals surface area contributed by atoms with Crippen molar-refractivity contribution in [3.8, 4) is 0 Å². The summed E-state index contributed by atoms with van der Waals surface area (Å²) < 4.78 is 0. The van der Waals surface area contributed by atoms with Gasteiger partial charge in [-0.3, -0.25) is 4.90 Å². The molecule has 0 saturated heterocycles. The summed E-state index contributed by atoms with van der Waals surface area (Å²) >= 11 is 0. The van der Waals surface area contributed by atoms with Crippen molar-refractivity contribution in [2.45, 2.75) is 64.7 Å². The predicted molar refractivity (Wildman–Crippen MR) is 82.1 cm³/mol. The van der Waals surface area contributed by atoms with Gasteiger partial charge < -0.3 is 5.32 Å². The van der Waals surface area contributed by atoms with Crippen molar-refractivity contribution in [1.29, 1.82) is 0 Å². The van der Waals surface area contributed by atoms with E-state index in [2.05, 4.69) is 55.4 Å². The van der Waals surface area contributed by atoms with Crippen molar-refractivity contribution in [2.75, 3.05) is 7.05 Å². The monoisotopic (exact) mass is 260 g/mol. The molecule has 1 aromatic carbocycles. The average Bonchev–Trinajstić information content (AvgIpc) is 2.92. The van der Waals surface area contributed by atoms with Crippen LogP contribution < -0.4 is 5.32 Å². The third-order valence-corrected chi connectivity index (χ3v) is 4.12. The number of benzene rings is 1. The van der Waals surface area contributed by atoms with Gasteiger partial charge in [0.2, 0.25) is 0 Å². The Hall–Kier alpha value is -0.860. The maximum absolute atomic E-state index is 3.46. The van der Waals surface area contributed by atoms with Crippen LogP contribution in [-0.4, -0.2) is 24.0 Å². The summed E-state index contributed by atoms with van der Waals surface area (Å²) in [4.78, 5) is 2.52. The van der Waals surface area contributed by atoms with Gasteiger partial charge in [-0.05, 0) is 31.0 Å². The van der Waals surface area contributed by atoms with Gasteiger partial charge in [-0.25, -0.2) is 0 Å². The normalized spacial score (nSPS) is 16.7. The summed E-state index contributed by atoms with van der Waals surface area (Å²) in [7, 11) is 2.27. The fourth-order valence-corrected chi connectivity index (χ4v) is 2.85. The highest BCUT2D eigenvalue weighted by atomic mass is 15.1. The Balaban J connectivity index is 1.83. The molecule has 2 nitrogen and oxygen atoms in total. The fourth-order valence-electron chi connectivity index (χ4n) is 2.85. The van der Waals surface area contributed by atoms with E-state index in [1.807, 2.05) is 0 Å². The second-order valence-electron chi connectivity index (χ2n) is 6.21. The lowest BCUT2D eigenvalue weighted by Gasteiger charge is -2.24. The molecule has 0 radical (unpaired) electrons. The second-order valence-corrected chi connectivity index (χ2v) is 6.21. The van der Waals surface area contributed by atoms with E-state index in [4.69, 9.17) is 0 Å². The first kappa shape index (κ1) is 14.5. The second kappa shape index (κ2) is 7.06. The summed E-state index contributed by atoms with van der Waals surface area (Å²) in [5.74, 6) is 0. The lowest BCUT2D eigenvalue weighted by atomic mass is 10.1. The number of hydrogen-bond acceptors (Lipinski definition) is 2. The molecule has 1 aromatic rings. The Morgan fingerprint density at radius 3 is 2.26 bits per heavy atom.